The Morgan fingerprint density at radius 3 is 2.70 bits per heavy atom. The van der Waals surface area contributed by atoms with Crippen molar-refractivity contribution in [2.24, 2.45) is 13.0 Å². The van der Waals surface area contributed by atoms with Crippen LogP contribution < -0.4 is 10.6 Å². The van der Waals surface area contributed by atoms with Gasteiger partial charge in [0.05, 0.1) is 12.1 Å². The maximum absolute atomic E-state index is 12.6. The number of carbonyl (C=O) groups is 1. The fraction of sp³-hybridized carbons (Fsp3) is 0.412. The molecule has 1 saturated heterocycles. The van der Waals surface area contributed by atoms with Crippen LogP contribution in [0.25, 0.3) is 0 Å². The molecular weight excluding hydrogens is 312 g/mol. The summed E-state index contributed by atoms with van der Waals surface area (Å²) in [5, 5.41) is 10.6. The van der Waals surface area contributed by atoms with Gasteiger partial charge in [0.1, 0.15) is 0 Å². The van der Waals surface area contributed by atoms with Crippen LogP contribution in [0.4, 0.5) is 5.69 Å². The van der Waals surface area contributed by atoms with Crippen LogP contribution in [0.15, 0.2) is 36.7 Å². The average molecular weight is 335 g/mol. The summed E-state index contributed by atoms with van der Waals surface area (Å²) in [5.74, 6) is 0.196. The summed E-state index contributed by atoms with van der Waals surface area (Å²) in [6.07, 6.45) is 4.85. The Morgan fingerprint density at radius 1 is 1.35 bits per heavy atom. The highest BCUT2D eigenvalue weighted by atomic mass is 35.5. The third kappa shape index (κ3) is 3.92. The molecule has 2 heterocycles. The fourth-order valence-electron chi connectivity index (χ4n) is 2.99. The van der Waals surface area contributed by atoms with Gasteiger partial charge in [-0.25, -0.2) is 0 Å². The second-order valence-corrected chi connectivity index (χ2v) is 5.86. The van der Waals surface area contributed by atoms with Crippen LogP contribution >= 0.6 is 12.4 Å². The molecule has 0 aliphatic carbocycles. The SMILES string of the molecule is CCc1ccc(NC(=O)[C@H]2CNC[C@@H]2c2cnn(C)c2)cc1.Cl. The van der Waals surface area contributed by atoms with E-state index in [2.05, 4.69) is 34.8 Å². The van der Waals surface area contributed by atoms with E-state index in [1.54, 1.807) is 4.68 Å². The molecule has 23 heavy (non-hydrogen) atoms. The van der Waals surface area contributed by atoms with Crippen LogP contribution in [0, 0.1) is 5.92 Å². The predicted octanol–water partition coefficient (Wildman–Crippen LogP) is 2.35. The van der Waals surface area contributed by atoms with Gasteiger partial charge in [0, 0.05) is 37.9 Å². The number of hydrogen-bond acceptors (Lipinski definition) is 3. The first-order valence-corrected chi connectivity index (χ1v) is 7.76. The Balaban J connectivity index is 0.00000192. The van der Waals surface area contributed by atoms with Crippen molar-refractivity contribution in [2.45, 2.75) is 19.3 Å². The van der Waals surface area contributed by atoms with Gasteiger partial charge < -0.3 is 10.6 Å². The Morgan fingerprint density at radius 2 is 2.09 bits per heavy atom. The topological polar surface area (TPSA) is 59.0 Å². The van der Waals surface area contributed by atoms with Gasteiger partial charge in [-0.2, -0.15) is 5.10 Å². The summed E-state index contributed by atoms with van der Waals surface area (Å²) >= 11 is 0. The number of carbonyl (C=O) groups excluding carboxylic acids is 1. The summed E-state index contributed by atoms with van der Waals surface area (Å²) in [6.45, 7) is 3.65. The summed E-state index contributed by atoms with van der Waals surface area (Å²) in [7, 11) is 1.90. The lowest BCUT2D eigenvalue weighted by Crippen LogP contribution is -2.28. The number of amides is 1. The maximum atomic E-state index is 12.6. The molecule has 2 atom stereocenters. The number of aryl methyl sites for hydroxylation is 2. The first-order chi connectivity index (χ1) is 10.7. The third-order valence-corrected chi connectivity index (χ3v) is 4.33. The molecule has 0 unspecified atom stereocenters. The van der Waals surface area contributed by atoms with Crippen molar-refractivity contribution < 1.29 is 4.79 Å². The zero-order valence-electron chi connectivity index (χ0n) is 13.5. The van der Waals surface area contributed by atoms with Gasteiger partial charge in [-0.3, -0.25) is 9.48 Å². The number of nitrogens with zero attached hydrogens (tertiary/aromatic N) is 2. The van der Waals surface area contributed by atoms with E-state index in [-0.39, 0.29) is 30.2 Å². The molecule has 0 saturated carbocycles. The average Bonchev–Trinajstić information content (AvgIpc) is 3.16. The van der Waals surface area contributed by atoms with Crippen LogP contribution in [0.5, 0.6) is 0 Å². The Labute approximate surface area is 142 Å². The lowest BCUT2D eigenvalue weighted by Gasteiger charge is -2.17. The van der Waals surface area contributed by atoms with Gasteiger partial charge in [-0.15, -0.1) is 12.4 Å². The van der Waals surface area contributed by atoms with Crippen molar-refractivity contribution in [1.82, 2.24) is 15.1 Å². The molecule has 1 aliphatic heterocycles. The van der Waals surface area contributed by atoms with Crippen molar-refractivity contribution in [1.29, 1.82) is 0 Å². The van der Waals surface area contributed by atoms with Crippen molar-refractivity contribution in [3.63, 3.8) is 0 Å². The van der Waals surface area contributed by atoms with Crippen molar-refractivity contribution >= 4 is 24.0 Å². The molecule has 5 nitrogen and oxygen atoms in total. The summed E-state index contributed by atoms with van der Waals surface area (Å²) in [6, 6.07) is 8.05. The lowest BCUT2D eigenvalue weighted by atomic mass is 9.90. The van der Waals surface area contributed by atoms with E-state index in [0.29, 0.717) is 6.54 Å². The normalized spacial score (nSPS) is 20.1. The molecule has 1 aromatic carbocycles. The number of hydrogen-bond donors (Lipinski definition) is 2. The molecule has 124 valence electrons. The summed E-state index contributed by atoms with van der Waals surface area (Å²) in [5.41, 5.74) is 3.25. The third-order valence-electron chi connectivity index (χ3n) is 4.33. The smallest absolute Gasteiger partial charge is 0.229 e. The fourth-order valence-corrected chi connectivity index (χ4v) is 2.99. The molecular formula is C17H23ClN4O. The largest absolute Gasteiger partial charge is 0.326 e. The first-order valence-electron chi connectivity index (χ1n) is 7.76. The lowest BCUT2D eigenvalue weighted by molar-refractivity contribution is -0.119. The molecule has 2 aromatic rings. The zero-order chi connectivity index (χ0) is 15.5. The molecule has 0 bridgehead atoms. The quantitative estimate of drug-likeness (QED) is 0.902. The monoisotopic (exact) mass is 334 g/mol. The minimum absolute atomic E-state index is 0. The zero-order valence-corrected chi connectivity index (χ0v) is 14.3. The Kier molecular flexibility index (Phi) is 5.80. The molecule has 6 heteroatoms. The standard InChI is InChI=1S/C17H22N4O.ClH/c1-3-12-4-6-14(7-5-12)20-17(22)16-10-18-9-15(16)13-8-19-21(2)11-13;/h4-8,11,15-16,18H,3,9-10H2,1-2H3,(H,20,22);1H/t15-,16+;/m1./s1. The Hall–Kier alpha value is -1.85. The van der Waals surface area contributed by atoms with E-state index in [0.717, 1.165) is 24.2 Å². The van der Waals surface area contributed by atoms with Gasteiger partial charge in [0.15, 0.2) is 0 Å². The number of rotatable bonds is 4. The number of benzene rings is 1. The number of nitrogens with one attached hydrogen (secondary N) is 2. The molecule has 1 amide bonds. The summed E-state index contributed by atoms with van der Waals surface area (Å²) in [4.78, 5) is 12.6. The molecule has 1 aliphatic rings. The predicted molar refractivity (Wildman–Crippen MR) is 94.0 cm³/mol. The highest BCUT2D eigenvalue weighted by molar-refractivity contribution is 5.93. The van der Waals surface area contributed by atoms with E-state index in [4.69, 9.17) is 0 Å². The summed E-state index contributed by atoms with van der Waals surface area (Å²) < 4.78 is 1.78. The van der Waals surface area contributed by atoms with Gasteiger partial charge >= 0.3 is 0 Å². The molecule has 3 rings (SSSR count). The molecule has 0 spiro atoms. The van der Waals surface area contributed by atoms with Gasteiger partial charge in [0.2, 0.25) is 5.91 Å². The van der Waals surface area contributed by atoms with Gasteiger partial charge in [-0.05, 0) is 29.7 Å². The van der Waals surface area contributed by atoms with Crippen LogP contribution in [-0.4, -0.2) is 28.8 Å². The minimum Gasteiger partial charge on any atom is -0.326 e. The van der Waals surface area contributed by atoms with Gasteiger partial charge in [0.25, 0.3) is 0 Å². The van der Waals surface area contributed by atoms with Crippen LogP contribution in [-0.2, 0) is 18.3 Å². The Bertz CT molecular complexity index is 653. The second kappa shape index (κ2) is 7.62. The number of halogens is 1. The highest BCUT2D eigenvalue weighted by Crippen LogP contribution is 2.28. The molecule has 1 aromatic heterocycles. The number of aromatic nitrogens is 2. The van der Waals surface area contributed by atoms with E-state index in [9.17, 15) is 4.79 Å². The molecule has 2 N–H and O–H groups in total. The minimum atomic E-state index is -0.0601. The van der Waals surface area contributed by atoms with E-state index < -0.39 is 0 Å². The first kappa shape index (κ1) is 17.5. The van der Waals surface area contributed by atoms with E-state index in [1.165, 1.54) is 5.56 Å². The van der Waals surface area contributed by atoms with Crippen molar-refractivity contribution in [3.05, 3.63) is 47.8 Å². The number of anilines is 1. The van der Waals surface area contributed by atoms with Crippen LogP contribution in [0.3, 0.4) is 0 Å². The molecule has 0 radical (unpaired) electrons. The van der Waals surface area contributed by atoms with Crippen LogP contribution in [0.1, 0.15) is 24.0 Å². The van der Waals surface area contributed by atoms with Crippen LogP contribution in [0.2, 0.25) is 0 Å². The van der Waals surface area contributed by atoms with Crippen molar-refractivity contribution in [2.75, 3.05) is 18.4 Å². The van der Waals surface area contributed by atoms with E-state index in [1.807, 2.05) is 31.6 Å². The van der Waals surface area contributed by atoms with E-state index >= 15 is 0 Å². The molecule has 1 fully saturated rings. The second-order valence-electron chi connectivity index (χ2n) is 5.86. The van der Waals surface area contributed by atoms with Gasteiger partial charge in [-0.1, -0.05) is 19.1 Å². The highest BCUT2D eigenvalue weighted by Gasteiger charge is 2.34. The van der Waals surface area contributed by atoms with Crippen molar-refractivity contribution in [3.8, 4) is 0 Å². The maximum Gasteiger partial charge on any atom is 0.229 e.